The lowest BCUT2D eigenvalue weighted by molar-refractivity contribution is -0.121. The van der Waals surface area contributed by atoms with Crippen molar-refractivity contribution in [1.82, 2.24) is 0 Å². The van der Waals surface area contributed by atoms with Crippen molar-refractivity contribution in [1.29, 1.82) is 0 Å². The van der Waals surface area contributed by atoms with E-state index in [1.807, 2.05) is 48.5 Å². The average molecular weight is 356 g/mol. The number of hydrogen-bond donors (Lipinski definition) is 1. The van der Waals surface area contributed by atoms with Gasteiger partial charge in [-0.1, -0.05) is 12.1 Å². The van der Waals surface area contributed by atoms with E-state index in [0.717, 1.165) is 29.2 Å². The summed E-state index contributed by atoms with van der Waals surface area (Å²) in [4.78, 5) is 14.3. The fraction of sp³-hybridized carbons (Fsp3) is 0.381. The molecule has 0 atom stereocenters. The van der Waals surface area contributed by atoms with Gasteiger partial charge in [0.1, 0.15) is 12.4 Å². The van der Waals surface area contributed by atoms with E-state index in [1.165, 1.54) is 0 Å². The molecule has 0 aliphatic rings. The first kappa shape index (κ1) is 19.8. The van der Waals surface area contributed by atoms with Crippen molar-refractivity contribution in [2.24, 2.45) is 0 Å². The summed E-state index contributed by atoms with van der Waals surface area (Å²) in [5, 5.41) is 2.86. The molecule has 5 heteroatoms. The topological polar surface area (TPSA) is 50.8 Å². The monoisotopic (exact) mass is 356 g/mol. The van der Waals surface area contributed by atoms with Crippen LogP contribution in [0, 0.1) is 0 Å². The molecule has 1 N–H and O–H groups in total. The molecule has 0 saturated heterocycles. The number of nitrogens with one attached hydrogen (secondary N) is 1. The molecule has 0 bridgehead atoms. The van der Waals surface area contributed by atoms with Crippen LogP contribution in [-0.2, 0) is 16.1 Å². The van der Waals surface area contributed by atoms with E-state index in [0.29, 0.717) is 12.6 Å². The Morgan fingerprint density at radius 1 is 1.15 bits per heavy atom. The lowest BCUT2D eigenvalue weighted by atomic mass is 10.2. The van der Waals surface area contributed by atoms with Gasteiger partial charge in [-0.25, -0.2) is 0 Å². The van der Waals surface area contributed by atoms with Crippen LogP contribution in [-0.4, -0.2) is 32.2 Å². The van der Waals surface area contributed by atoms with Crippen LogP contribution in [0.5, 0.6) is 5.75 Å². The van der Waals surface area contributed by atoms with Crippen molar-refractivity contribution in [3.63, 3.8) is 0 Å². The van der Waals surface area contributed by atoms with Crippen LogP contribution >= 0.6 is 0 Å². The molecular formula is C21H28N2O3. The highest BCUT2D eigenvalue weighted by atomic mass is 16.5. The fourth-order valence-electron chi connectivity index (χ4n) is 2.80. The molecule has 0 aliphatic heterocycles. The number of amides is 1. The van der Waals surface area contributed by atoms with Crippen molar-refractivity contribution in [2.75, 3.05) is 30.5 Å². The number of ether oxygens (including phenoxy) is 2. The minimum atomic E-state index is -0.170. The fourth-order valence-corrected chi connectivity index (χ4v) is 2.80. The highest BCUT2D eigenvalue weighted by Crippen LogP contribution is 2.20. The SMILES string of the molecule is CCN(c1ccc(NC(=O)COCc2cccc(OC)c2)cc1)C(C)C. The van der Waals surface area contributed by atoms with Crippen LogP contribution in [0.4, 0.5) is 11.4 Å². The Bertz CT molecular complexity index is 699. The summed E-state index contributed by atoms with van der Waals surface area (Å²) >= 11 is 0. The number of benzene rings is 2. The van der Waals surface area contributed by atoms with Gasteiger partial charge in [-0.05, 0) is 62.7 Å². The minimum absolute atomic E-state index is 0.00599. The molecule has 2 rings (SSSR count). The van der Waals surface area contributed by atoms with E-state index >= 15 is 0 Å². The maximum Gasteiger partial charge on any atom is 0.250 e. The maximum absolute atomic E-state index is 12.0. The number of methoxy groups -OCH3 is 1. The van der Waals surface area contributed by atoms with Crippen molar-refractivity contribution in [2.45, 2.75) is 33.4 Å². The molecule has 0 aromatic heterocycles. The molecule has 26 heavy (non-hydrogen) atoms. The lowest BCUT2D eigenvalue weighted by Gasteiger charge is -2.27. The normalized spacial score (nSPS) is 10.7. The Morgan fingerprint density at radius 3 is 2.50 bits per heavy atom. The van der Waals surface area contributed by atoms with E-state index < -0.39 is 0 Å². The molecule has 0 heterocycles. The molecule has 140 valence electrons. The van der Waals surface area contributed by atoms with Gasteiger partial charge < -0.3 is 19.7 Å². The van der Waals surface area contributed by atoms with Gasteiger partial charge in [0.05, 0.1) is 13.7 Å². The zero-order valence-corrected chi connectivity index (χ0v) is 16.0. The third-order valence-electron chi connectivity index (χ3n) is 4.08. The summed E-state index contributed by atoms with van der Waals surface area (Å²) in [6.07, 6.45) is 0. The predicted octanol–water partition coefficient (Wildman–Crippen LogP) is 4.09. The summed E-state index contributed by atoms with van der Waals surface area (Å²) in [6.45, 7) is 7.78. The summed E-state index contributed by atoms with van der Waals surface area (Å²) in [6, 6.07) is 15.9. The van der Waals surface area contributed by atoms with Crippen LogP contribution in [0.3, 0.4) is 0 Å². The van der Waals surface area contributed by atoms with Crippen LogP contribution in [0.15, 0.2) is 48.5 Å². The summed E-state index contributed by atoms with van der Waals surface area (Å²) < 4.78 is 10.7. The van der Waals surface area contributed by atoms with Gasteiger partial charge in [0.2, 0.25) is 5.91 Å². The third kappa shape index (κ3) is 5.77. The second-order valence-electron chi connectivity index (χ2n) is 6.32. The standard InChI is InChI=1S/C21H28N2O3/c1-5-23(16(2)3)19-11-9-18(10-12-19)22-21(24)15-26-14-17-7-6-8-20(13-17)25-4/h6-13,16H,5,14-15H2,1-4H3,(H,22,24). The molecule has 0 spiro atoms. The van der Waals surface area contributed by atoms with Crippen LogP contribution in [0.25, 0.3) is 0 Å². The highest BCUT2D eigenvalue weighted by molar-refractivity contribution is 5.91. The molecule has 2 aromatic rings. The largest absolute Gasteiger partial charge is 0.497 e. The number of anilines is 2. The molecule has 0 radical (unpaired) electrons. The first-order valence-corrected chi connectivity index (χ1v) is 8.90. The second-order valence-corrected chi connectivity index (χ2v) is 6.32. The van der Waals surface area contributed by atoms with E-state index in [9.17, 15) is 4.79 Å². The van der Waals surface area contributed by atoms with Gasteiger partial charge in [0.15, 0.2) is 0 Å². The smallest absolute Gasteiger partial charge is 0.250 e. The first-order valence-electron chi connectivity index (χ1n) is 8.90. The zero-order valence-electron chi connectivity index (χ0n) is 16.0. The molecule has 0 fully saturated rings. The van der Waals surface area contributed by atoms with E-state index in [1.54, 1.807) is 7.11 Å². The highest BCUT2D eigenvalue weighted by Gasteiger charge is 2.09. The van der Waals surface area contributed by atoms with E-state index in [4.69, 9.17) is 9.47 Å². The number of carbonyl (C=O) groups excluding carboxylic acids is 1. The Labute approximate surface area is 155 Å². The summed E-state index contributed by atoms with van der Waals surface area (Å²) in [5.41, 5.74) is 2.88. The first-order chi connectivity index (χ1) is 12.5. The molecule has 0 saturated carbocycles. The number of carbonyl (C=O) groups is 1. The molecule has 0 unspecified atom stereocenters. The van der Waals surface area contributed by atoms with Gasteiger partial charge >= 0.3 is 0 Å². The molecular weight excluding hydrogens is 328 g/mol. The molecule has 5 nitrogen and oxygen atoms in total. The van der Waals surface area contributed by atoms with Gasteiger partial charge in [0, 0.05) is 24.0 Å². The Hall–Kier alpha value is -2.53. The van der Waals surface area contributed by atoms with Crippen molar-refractivity contribution in [3.05, 3.63) is 54.1 Å². The van der Waals surface area contributed by atoms with Crippen LogP contribution in [0.2, 0.25) is 0 Å². The maximum atomic E-state index is 12.0. The molecule has 2 aromatic carbocycles. The Kier molecular flexibility index (Phi) is 7.48. The van der Waals surface area contributed by atoms with Gasteiger partial charge in [-0.2, -0.15) is 0 Å². The third-order valence-corrected chi connectivity index (χ3v) is 4.08. The van der Waals surface area contributed by atoms with Gasteiger partial charge in [-0.3, -0.25) is 4.79 Å². The number of rotatable bonds is 9. The number of hydrogen-bond acceptors (Lipinski definition) is 4. The Morgan fingerprint density at radius 2 is 1.88 bits per heavy atom. The predicted molar refractivity (Wildman–Crippen MR) is 106 cm³/mol. The van der Waals surface area contributed by atoms with E-state index in [-0.39, 0.29) is 12.5 Å². The second kappa shape index (κ2) is 9.82. The quantitative estimate of drug-likeness (QED) is 0.735. The Balaban J connectivity index is 1.82. The van der Waals surface area contributed by atoms with Crippen LogP contribution in [0.1, 0.15) is 26.3 Å². The summed E-state index contributed by atoms with van der Waals surface area (Å²) in [7, 11) is 1.62. The van der Waals surface area contributed by atoms with Gasteiger partial charge in [-0.15, -0.1) is 0 Å². The molecule has 0 aliphatic carbocycles. The van der Waals surface area contributed by atoms with Crippen molar-refractivity contribution >= 4 is 17.3 Å². The van der Waals surface area contributed by atoms with Gasteiger partial charge in [0.25, 0.3) is 0 Å². The summed E-state index contributed by atoms with van der Waals surface area (Å²) in [5.74, 6) is 0.606. The minimum Gasteiger partial charge on any atom is -0.497 e. The lowest BCUT2D eigenvalue weighted by Crippen LogP contribution is -2.30. The number of nitrogens with zero attached hydrogens (tertiary/aromatic N) is 1. The van der Waals surface area contributed by atoms with Crippen LogP contribution < -0.4 is 15.0 Å². The zero-order chi connectivity index (χ0) is 18.9. The average Bonchev–Trinajstić information content (AvgIpc) is 2.63. The molecule has 1 amide bonds. The van der Waals surface area contributed by atoms with E-state index in [2.05, 4.69) is 31.0 Å². The van der Waals surface area contributed by atoms with Crippen molar-refractivity contribution < 1.29 is 14.3 Å². The van der Waals surface area contributed by atoms with Crippen molar-refractivity contribution in [3.8, 4) is 5.75 Å².